The van der Waals surface area contributed by atoms with E-state index < -0.39 is 0 Å². The summed E-state index contributed by atoms with van der Waals surface area (Å²) in [7, 11) is 0. The monoisotopic (exact) mass is 252 g/mol. The van der Waals surface area contributed by atoms with Crippen LogP contribution in [0.5, 0.6) is 0 Å². The lowest BCUT2D eigenvalue weighted by Crippen LogP contribution is -2.25. The van der Waals surface area contributed by atoms with Gasteiger partial charge < -0.3 is 4.90 Å². The van der Waals surface area contributed by atoms with E-state index >= 15 is 0 Å². The third kappa shape index (κ3) is 3.52. The van der Waals surface area contributed by atoms with E-state index in [-0.39, 0.29) is 5.91 Å². The molecule has 0 spiro atoms. The molecule has 0 saturated carbocycles. The van der Waals surface area contributed by atoms with Gasteiger partial charge in [-0.1, -0.05) is 36.4 Å². The van der Waals surface area contributed by atoms with Crippen LogP contribution in [0.4, 0.5) is 0 Å². The summed E-state index contributed by atoms with van der Waals surface area (Å²) in [5, 5.41) is 0. The fraction of sp³-hybridized carbons (Fsp3) is 0.125. The molecule has 2 rings (SSSR count). The predicted molar refractivity (Wildman–Crippen MR) is 75.4 cm³/mol. The molecule has 1 aromatic heterocycles. The lowest BCUT2D eigenvalue weighted by Gasteiger charge is -2.18. The Morgan fingerprint density at radius 2 is 1.84 bits per heavy atom. The third-order valence-corrected chi connectivity index (χ3v) is 2.71. The second kappa shape index (κ2) is 6.50. The van der Waals surface area contributed by atoms with Crippen LogP contribution in [-0.2, 0) is 6.54 Å². The van der Waals surface area contributed by atoms with Gasteiger partial charge >= 0.3 is 0 Å². The van der Waals surface area contributed by atoms with Crippen molar-refractivity contribution < 1.29 is 4.79 Å². The molecule has 19 heavy (non-hydrogen) atoms. The maximum Gasteiger partial charge on any atom is 0.258 e. The average molecular weight is 252 g/mol. The van der Waals surface area contributed by atoms with Crippen molar-refractivity contribution in [2.75, 3.05) is 0 Å². The van der Waals surface area contributed by atoms with Gasteiger partial charge in [-0.25, -0.2) is 0 Å². The Kier molecular flexibility index (Phi) is 4.45. The van der Waals surface area contributed by atoms with Crippen molar-refractivity contribution in [2.24, 2.45) is 0 Å². The molecule has 0 N–H and O–H groups in total. The summed E-state index contributed by atoms with van der Waals surface area (Å²) in [5.41, 5.74) is 1.74. The van der Waals surface area contributed by atoms with Crippen LogP contribution in [-0.4, -0.2) is 15.8 Å². The Morgan fingerprint density at radius 3 is 2.47 bits per heavy atom. The third-order valence-electron chi connectivity index (χ3n) is 2.71. The number of hydrogen-bond donors (Lipinski definition) is 0. The zero-order chi connectivity index (χ0) is 13.5. The van der Waals surface area contributed by atoms with Crippen LogP contribution < -0.4 is 0 Å². The number of benzene rings is 1. The van der Waals surface area contributed by atoms with Crippen molar-refractivity contribution in [2.45, 2.75) is 13.5 Å². The molecule has 0 aliphatic carbocycles. The summed E-state index contributed by atoms with van der Waals surface area (Å²) >= 11 is 0. The Labute approximate surface area is 113 Å². The number of allylic oxidation sites excluding steroid dienone is 1. The Hall–Kier alpha value is -2.42. The number of aromatic nitrogens is 1. The van der Waals surface area contributed by atoms with Gasteiger partial charge in [0.05, 0.1) is 6.54 Å². The summed E-state index contributed by atoms with van der Waals surface area (Å²) in [5.74, 6) is -0.0237. The van der Waals surface area contributed by atoms with E-state index in [1.165, 1.54) is 0 Å². The number of hydrogen-bond acceptors (Lipinski definition) is 2. The minimum Gasteiger partial charge on any atom is -0.311 e. The average Bonchev–Trinajstić information content (AvgIpc) is 2.48. The van der Waals surface area contributed by atoms with Crippen molar-refractivity contribution in [3.8, 4) is 0 Å². The molecule has 2 aromatic rings. The van der Waals surface area contributed by atoms with Crippen LogP contribution in [0, 0.1) is 0 Å². The molecule has 3 nitrogen and oxygen atoms in total. The highest BCUT2D eigenvalue weighted by Gasteiger charge is 2.13. The first-order chi connectivity index (χ1) is 9.31. The zero-order valence-electron chi connectivity index (χ0n) is 10.9. The van der Waals surface area contributed by atoms with Crippen molar-refractivity contribution in [3.63, 3.8) is 0 Å². The van der Waals surface area contributed by atoms with Crippen LogP contribution in [0.3, 0.4) is 0 Å². The first-order valence-corrected chi connectivity index (χ1v) is 6.19. The summed E-state index contributed by atoms with van der Waals surface area (Å²) in [6.45, 7) is 2.46. The summed E-state index contributed by atoms with van der Waals surface area (Å²) in [4.78, 5) is 18.0. The van der Waals surface area contributed by atoms with Gasteiger partial charge in [-0.2, -0.15) is 0 Å². The molecule has 3 heteroatoms. The Bertz CT molecular complexity index is 549. The molecule has 1 amide bonds. The SMILES string of the molecule is C/C=C/N(Cc1ccccc1)C(=O)c1ccncc1. The molecule has 0 atom stereocenters. The van der Waals surface area contributed by atoms with Gasteiger partial charge in [0.15, 0.2) is 0 Å². The van der Waals surface area contributed by atoms with Crippen molar-refractivity contribution in [1.82, 2.24) is 9.88 Å². The van der Waals surface area contributed by atoms with E-state index in [2.05, 4.69) is 4.98 Å². The Morgan fingerprint density at radius 1 is 1.16 bits per heavy atom. The van der Waals surface area contributed by atoms with Crippen molar-refractivity contribution in [3.05, 3.63) is 78.3 Å². The number of carbonyl (C=O) groups excluding carboxylic acids is 1. The summed E-state index contributed by atoms with van der Waals surface area (Å²) in [6, 6.07) is 13.4. The number of nitrogens with zero attached hydrogens (tertiary/aromatic N) is 2. The summed E-state index contributed by atoms with van der Waals surface area (Å²) in [6.07, 6.45) is 6.92. The maximum absolute atomic E-state index is 12.4. The van der Waals surface area contributed by atoms with E-state index in [1.807, 2.05) is 43.3 Å². The molecule has 0 bridgehead atoms. The zero-order valence-corrected chi connectivity index (χ0v) is 10.9. The lowest BCUT2D eigenvalue weighted by molar-refractivity contribution is 0.0813. The molecule has 0 aliphatic rings. The molecule has 0 unspecified atom stereocenters. The smallest absolute Gasteiger partial charge is 0.258 e. The highest BCUT2D eigenvalue weighted by atomic mass is 16.2. The number of pyridine rings is 1. The van der Waals surface area contributed by atoms with Gasteiger partial charge in [0, 0.05) is 24.2 Å². The number of rotatable bonds is 4. The first-order valence-electron chi connectivity index (χ1n) is 6.19. The van der Waals surface area contributed by atoms with Gasteiger partial charge in [-0.05, 0) is 24.6 Å². The maximum atomic E-state index is 12.4. The minimum absolute atomic E-state index is 0.0237. The lowest BCUT2D eigenvalue weighted by atomic mass is 10.2. The van der Waals surface area contributed by atoms with Crippen LogP contribution in [0.15, 0.2) is 67.1 Å². The van der Waals surface area contributed by atoms with Crippen molar-refractivity contribution >= 4 is 5.91 Å². The van der Waals surface area contributed by atoms with Gasteiger partial charge in [0.2, 0.25) is 0 Å². The minimum atomic E-state index is -0.0237. The van der Waals surface area contributed by atoms with E-state index in [9.17, 15) is 4.79 Å². The van der Waals surface area contributed by atoms with Crippen LogP contribution in [0.2, 0.25) is 0 Å². The first kappa shape index (κ1) is 13.0. The highest BCUT2D eigenvalue weighted by molar-refractivity contribution is 5.94. The topological polar surface area (TPSA) is 33.2 Å². The predicted octanol–water partition coefficient (Wildman–Crippen LogP) is 3.26. The molecule has 0 radical (unpaired) electrons. The van der Waals surface area contributed by atoms with Crippen molar-refractivity contribution in [1.29, 1.82) is 0 Å². The normalized spacial score (nSPS) is 10.6. The fourth-order valence-corrected chi connectivity index (χ4v) is 1.81. The largest absolute Gasteiger partial charge is 0.311 e. The van der Waals surface area contributed by atoms with Gasteiger partial charge in [-0.3, -0.25) is 9.78 Å². The fourth-order valence-electron chi connectivity index (χ4n) is 1.81. The highest BCUT2D eigenvalue weighted by Crippen LogP contribution is 2.10. The second-order valence-corrected chi connectivity index (χ2v) is 4.14. The molecular weight excluding hydrogens is 236 g/mol. The quantitative estimate of drug-likeness (QED) is 0.836. The standard InChI is InChI=1S/C16H16N2O/c1-2-12-18(13-14-6-4-3-5-7-14)16(19)15-8-10-17-11-9-15/h2-12H,13H2,1H3/b12-2+. The van der Waals surface area contributed by atoms with E-state index in [0.717, 1.165) is 5.56 Å². The molecule has 1 heterocycles. The summed E-state index contributed by atoms with van der Waals surface area (Å²) < 4.78 is 0. The second-order valence-electron chi connectivity index (χ2n) is 4.14. The molecular formula is C16H16N2O. The molecule has 1 aromatic carbocycles. The molecule has 0 fully saturated rings. The number of amides is 1. The van der Waals surface area contributed by atoms with E-state index in [0.29, 0.717) is 12.1 Å². The number of carbonyl (C=O) groups is 1. The van der Waals surface area contributed by atoms with E-state index in [1.54, 1.807) is 35.6 Å². The van der Waals surface area contributed by atoms with Gasteiger partial charge in [0.25, 0.3) is 5.91 Å². The van der Waals surface area contributed by atoms with Gasteiger partial charge in [-0.15, -0.1) is 0 Å². The van der Waals surface area contributed by atoms with Crippen LogP contribution in [0.25, 0.3) is 0 Å². The van der Waals surface area contributed by atoms with Crippen LogP contribution in [0.1, 0.15) is 22.8 Å². The van der Waals surface area contributed by atoms with Crippen LogP contribution >= 0.6 is 0 Å². The van der Waals surface area contributed by atoms with Gasteiger partial charge in [0.1, 0.15) is 0 Å². The molecule has 0 aliphatic heterocycles. The molecule has 0 saturated heterocycles. The van der Waals surface area contributed by atoms with E-state index in [4.69, 9.17) is 0 Å². The Balaban J connectivity index is 2.19. The molecule has 96 valence electrons.